The van der Waals surface area contributed by atoms with E-state index < -0.39 is 0 Å². The molecule has 2 saturated carbocycles. The summed E-state index contributed by atoms with van der Waals surface area (Å²) in [7, 11) is 12.1. The van der Waals surface area contributed by atoms with Crippen molar-refractivity contribution in [3.05, 3.63) is 0 Å². The molecule has 0 aromatic rings. The quantitative estimate of drug-likeness (QED) is 0.284. The molecule has 0 spiro atoms. The molecule has 0 radical (unpaired) electrons. The fourth-order valence-corrected chi connectivity index (χ4v) is 4.16. The molecule has 5 aliphatic rings. The molecule has 4 atom stereocenters. The van der Waals surface area contributed by atoms with Crippen molar-refractivity contribution >= 4 is 0 Å². The van der Waals surface area contributed by atoms with Crippen LogP contribution in [0.5, 0.6) is 0 Å². The molecule has 10 nitrogen and oxygen atoms in total. The molecule has 0 bridgehead atoms. The highest BCUT2D eigenvalue weighted by Gasteiger charge is 2.17. The van der Waals surface area contributed by atoms with E-state index in [9.17, 15) is 0 Å². The highest BCUT2D eigenvalue weighted by atomic mass is 16.5. The summed E-state index contributed by atoms with van der Waals surface area (Å²) in [5.74, 6) is 0. The van der Waals surface area contributed by atoms with E-state index in [1.54, 1.807) is 49.8 Å². The summed E-state index contributed by atoms with van der Waals surface area (Å²) in [6.07, 6.45) is 15.4. The average molecular weight is 660 g/mol. The van der Waals surface area contributed by atoms with Crippen molar-refractivity contribution in [2.45, 2.75) is 137 Å². The minimum atomic E-state index is 0. The maximum Gasteiger partial charge on any atom is 0.0830 e. The van der Waals surface area contributed by atoms with Crippen LogP contribution in [0.2, 0.25) is 0 Å². The SMILES string of the molecule is C.C.C.C.COC1CCC1.COC1CCCC1.COCC(C)OC.COCC1CCO1.CO[C@@H]1CCNC1.CO[C@@H]1CCOC1. The van der Waals surface area contributed by atoms with E-state index in [2.05, 4.69) is 5.32 Å². The van der Waals surface area contributed by atoms with Crippen molar-refractivity contribution in [1.82, 2.24) is 5.32 Å². The molecular weight excluding hydrogens is 578 g/mol. The molecule has 2 unspecified atom stereocenters. The van der Waals surface area contributed by atoms with Crippen molar-refractivity contribution in [1.29, 1.82) is 0 Å². The third-order valence-electron chi connectivity index (χ3n) is 7.54. The van der Waals surface area contributed by atoms with E-state index in [0.717, 1.165) is 45.9 Å². The van der Waals surface area contributed by atoms with E-state index >= 15 is 0 Å². The zero-order chi connectivity index (χ0) is 30.6. The lowest BCUT2D eigenvalue weighted by atomic mass is 9.96. The van der Waals surface area contributed by atoms with Crippen molar-refractivity contribution < 1.29 is 42.6 Å². The molecule has 2 aliphatic carbocycles. The summed E-state index contributed by atoms with van der Waals surface area (Å²) in [6.45, 7) is 8.15. The Kier molecular flexibility index (Phi) is 47.8. The lowest BCUT2D eigenvalue weighted by molar-refractivity contribution is -0.0857. The van der Waals surface area contributed by atoms with Crippen molar-refractivity contribution in [3.8, 4) is 0 Å². The van der Waals surface area contributed by atoms with Gasteiger partial charge in [-0.3, -0.25) is 0 Å². The zero-order valence-electron chi connectivity index (χ0n) is 27.7. The number of hydrogen-bond acceptors (Lipinski definition) is 10. The standard InChI is InChI=1S/C6H12O.C5H11NO.2C5H10O2.C5H12O2.C5H10O.4CH4/c1-7-6-4-2-3-5-6;1-7-5-2-3-6-4-5;1-6-5-2-3-7-4-5;1-6-4-5-2-3-7-5;1-5(7-3)4-6-2;1-6-5-3-2-4-5;;;;/h6H,2-5H2,1H3;5-6H,2-4H2,1H3;2*5H,2-4H2,1H3;5H,4H2,1-3H3;5H,2-4H2,1H3;4*1H4/t;2*5-;;;;;;;/m.11......./s1. The second kappa shape index (κ2) is 39.8. The van der Waals surface area contributed by atoms with Crippen LogP contribution in [0, 0.1) is 0 Å². The molecule has 0 amide bonds. The first kappa shape index (κ1) is 54.1. The van der Waals surface area contributed by atoms with Gasteiger partial charge >= 0.3 is 0 Å². The van der Waals surface area contributed by atoms with Crippen LogP contribution in [0.25, 0.3) is 0 Å². The van der Waals surface area contributed by atoms with E-state index in [1.165, 1.54) is 57.8 Å². The second-order valence-corrected chi connectivity index (χ2v) is 10.7. The number of rotatable bonds is 9. The first-order valence-corrected chi connectivity index (χ1v) is 15.5. The molecule has 45 heavy (non-hydrogen) atoms. The Labute approximate surface area is 281 Å². The molecule has 3 saturated heterocycles. The van der Waals surface area contributed by atoms with Crippen molar-refractivity contribution in [2.24, 2.45) is 0 Å². The number of nitrogens with one attached hydrogen (secondary N) is 1. The van der Waals surface area contributed by atoms with Gasteiger partial charge in [0.05, 0.1) is 56.4 Å². The van der Waals surface area contributed by atoms with E-state index in [1.807, 2.05) is 6.92 Å². The Morgan fingerprint density at radius 3 is 1.33 bits per heavy atom. The fraction of sp³-hybridized carbons (Fsp3) is 1.00. The normalized spacial score (nSPS) is 23.3. The van der Waals surface area contributed by atoms with Crippen LogP contribution >= 0.6 is 0 Å². The highest BCUT2D eigenvalue weighted by Crippen LogP contribution is 2.20. The van der Waals surface area contributed by atoms with Gasteiger partial charge in [-0.1, -0.05) is 42.5 Å². The smallest absolute Gasteiger partial charge is 0.0830 e. The summed E-state index contributed by atoms with van der Waals surface area (Å²) in [5, 5.41) is 3.20. The molecule has 10 heteroatoms. The minimum Gasteiger partial charge on any atom is -0.382 e. The van der Waals surface area contributed by atoms with Crippen molar-refractivity contribution in [2.75, 3.05) is 95.9 Å². The number of hydrogen-bond donors (Lipinski definition) is 1. The Hall–Kier alpha value is -0.400. The first-order valence-electron chi connectivity index (χ1n) is 15.5. The molecule has 5 fully saturated rings. The lowest BCUT2D eigenvalue weighted by Crippen LogP contribution is -2.30. The summed E-state index contributed by atoms with van der Waals surface area (Å²) < 4.78 is 44.7. The Morgan fingerprint density at radius 2 is 1.16 bits per heavy atom. The Morgan fingerprint density at radius 1 is 0.622 bits per heavy atom. The fourth-order valence-electron chi connectivity index (χ4n) is 4.16. The number of ether oxygens (including phenoxy) is 9. The highest BCUT2D eigenvalue weighted by molar-refractivity contribution is 4.70. The van der Waals surface area contributed by atoms with Crippen LogP contribution in [0.15, 0.2) is 0 Å². The van der Waals surface area contributed by atoms with Crippen LogP contribution in [0.1, 0.15) is 101 Å². The molecule has 280 valence electrons. The molecule has 0 aromatic carbocycles. The predicted molar refractivity (Wildman–Crippen MR) is 190 cm³/mol. The van der Waals surface area contributed by atoms with Gasteiger partial charge in [0.15, 0.2) is 0 Å². The van der Waals surface area contributed by atoms with Gasteiger partial charge in [0, 0.05) is 69.5 Å². The van der Waals surface area contributed by atoms with Crippen LogP contribution in [0.3, 0.4) is 0 Å². The van der Waals surface area contributed by atoms with Gasteiger partial charge in [-0.25, -0.2) is 0 Å². The molecule has 0 aromatic heterocycles. The van der Waals surface area contributed by atoms with E-state index in [0.29, 0.717) is 37.1 Å². The maximum absolute atomic E-state index is 5.11. The van der Waals surface area contributed by atoms with Crippen LogP contribution in [-0.4, -0.2) is 133 Å². The third kappa shape index (κ3) is 31.9. The van der Waals surface area contributed by atoms with Gasteiger partial charge in [-0.05, 0) is 64.8 Å². The maximum atomic E-state index is 5.11. The molecule has 1 N–H and O–H groups in total. The molecule has 5 rings (SSSR count). The third-order valence-corrected chi connectivity index (χ3v) is 7.54. The Balaban J connectivity index is -0.000000140. The molecular formula is C35H81NO9. The van der Waals surface area contributed by atoms with Gasteiger partial charge < -0.3 is 47.9 Å². The Bertz CT molecular complexity index is 460. The van der Waals surface area contributed by atoms with E-state index in [4.69, 9.17) is 42.6 Å². The van der Waals surface area contributed by atoms with Crippen LogP contribution in [-0.2, 0) is 42.6 Å². The van der Waals surface area contributed by atoms with Gasteiger partial charge in [0.2, 0.25) is 0 Å². The average Bonchev–Trinajstić information content (AvgIpc) is 3.76. The van der Waals surface area contributed by atoms with Crippen LogP contribution < -0.4 is 5.32 Å². The second-order valence-electron chi connectivity index (χ2n) is 10.7. The lowest BCUT2D eigenvalue weighted by Gasteiger charge is -2.24. The summed E-state index contributed by atoms with van der Waals surface area (Å²) >= 11 is 0. The van der Waals surface area contributed by atoms with Crippen molar-refractivity contribution in [3.63, 3.8) is 0 Å². The minimum absolute atomic E-state index is 0. The largest absolute Gasteiger partial charge is 0.382 e. The zero-order valence-corrected chi connectivity index (χ0v) is 27.7. The summed E-state index contributed by atoms with van der Waals surface area (Å²) in [4.78, 5) is 0. The number of methoxy groups -OCH3 is 7. The molecule has 3 heterocycles. The first-order chi connectivity index (χ1) is 20.0. The van der Waals surface area contributed by atoms with E-state index in [-0.39, 0.29) is 35.8 Å². The topological polar surface area (TPSA) is 95.1 Å². The van der Waals surface area contributed by atoms with Gasteiger partial charge in [0.1, 0.15) is 0 Å². The molecule has 3 aliphatic heterocycles. The van der Waals surface area contributed by atoms with Crippen LogP contribution in [0.4, 0.5) is 0 Å². The van der Waals surface area contributed by atoms with Gasteiger partial charge in [-0.2, -0.15) is 0 Å². The van der Waals surface area contributed by atoms with Gasteiger partial charge in [0.25, 0.3) is 0 Å². The predicted octanol–water partition coefficient (Wildman–Crippen LogP) is 6.81. The van der Waals surface area contributed by atoms with Gasteiger partial charge in [-0.15, -0.1) is 0 Å². The summed E-state index contributed by atoms with van der Waals surface area (Å²) in [6, 6.07) is 0. The monoisotopic (exact) mass is 660 g/mol. The summed E-state index contributed by atoms with van der Waals surface area (Å²) in [5.41, 5.74) is 0.